The van der Waals surface area contributed by atoms with Gasteiger partial charge in [0.15, 0.2) is 0 Å². The van der Waals surface area contributed by atoms with Crippen molar-refractivity contribution in [1.29, 1.82) is 0 Å². The number of aryl methyl sites for hydroxylation is 1. The van der Waals surface area contributed by atoms with Crippen molar-refractivity contribution in [2.24, 2.45) is 5.10 Å². The molecule has 24 heavy (non-hydrogen) atoms. The molecule has 1 atom stereocenters. The molecule has 0 spiro atoms. The molecule has 0 saturated heterocycles. The maximum atomic E-state index is 5.62. The van der Waals surface area contributed by atoms with Crippen LogP contribution >= 0.6 is 11.8 Å². The fourth-order valence-corrected chi connectivity index (χ4v) is 4.03. The summed E-state index contributed by atoms with van der Waals surface area (Å²) < 4.78 is 5.62. The second-order valence-electron chi connectivity index (χ2n) is 5.81. The maximum Gasteiger partial charge on any atom is 0.126 e. The average molecular weight is 334 g/mol. The predicted molar refractivity (Wildman–Crippen MR) is 102 cm³/mol. The van der Waals surface area contributed by atoms with Crippen LogP contribution in [0.2, 0.25) is 0 Å². The number of benzene rings is 3. The van der Waals surface area contributed by atoms with Crippen LogP contribution in [0, 0.1) is 6.92 Å². The summed E-state index contributed by atoms with van der Waals surface area (Å²) in [5, 5.41) is 8.01. The van der Waals surface area contributed by atoms with E-state index in [1.54, 1.807) is 18.9 Å². The summed E-state index contributed by atoms with van der Waals surface area (Å²) in [4.78, 5) is 0. The van der Waals surface area contributed by atoms with Crippen LogP contribution in [0.15, 0.2) is 65.8 Å². The van der Waals surface area contributed by atoms with Crippen molar-refractivity contribution < 1.29 is 4.74 Å². The first-order valence-electron chi connectivity index (χ1n) is 7.89. The Morgan fingerprint density at radius 2 is 1.79 bits per heavy atom. The van der Waals surface area contributed by atoms with E-state index in [9.17, 15) is 0 Å². The fraction of sp³-hybridized carbons (Fsp3) is 0.150. The number of hydrogen-bond donors (Lipinski definition) is 1. The SMILES string of the molecule is COc1ccc2ccccc2c1C1NN=C(c2ccc(C)cc2)S1. The molecule has 4 heteroatoms. The van der Waals surface area contributed by atoms with E-state index >= 15 is 0 Å². The molecule has 1 heterocycles. The number of thioether (sulfide) groups is 1. The zero-order valence-electron chi connectivity index (χ0n) is 13.6. The van der Waals surface area contributed by atoms with Crippen molar-refractivity contribution in [3.63, 3.8) is 0 Å². The van der Waals surface area contributed by atoms with Crippen LogP contribution in [0.4, 0.5) is 0 Å². The van der Waals surface area contributed by atoms with Crippen LogP contribution in [0.5, 0.6) is 5.75 Å². The Morgan fingerprint density at radius 1 is 1.00 bits per heavy atom. The van der Waals surface area contributed by atoms with Crippen molar-refractivity contribution in [2.75, 3.05) is 7.11 Å². The molecule has 0 radical (unpaired) electrons. The highest BCUT2D eigenvalue weighted by molar-refractivity contribution is 8.14. The molecule has 1 N–H and O–H groups in total. The van der Waals surface area contributed by atoms with E-state index < -0.39 is 0 Å². The lowest BCUT2D eigenvalue weighted by Gasteiger charge is -2.17. The minimum atomic E-state index is 0.0438. The lowest BCUT2D eigenvalue weighted by Crippen LogP contribution is -2.09. The lowest BCUT2D eigenvalue weighted by atomic mass is 10.0. The average Bonchev–Trinajstić information content (AvgIpc) is 3.11. The Morgan fingerprint density at radius 3 is 2.58 bits per heavy atom. The molecule has 0 aliphatic carbocycles. The molecule has 3 nitrogen and oxygen atoms in total. The van der Waals surface area contributed by atoms with Crippen LogP contribution < -0.4 is 10.2 Å². The summed E-state index contributed by atoms with van der Waals surface area (Å²) in [5.74, 6) is 0.888. The summed E-state index contributed by atoms with van der Waals surface area (Å²) >= 11 is 1.73. The van der Waals surface area contributed by atoms with Gasteiger partial charge in [0.05, 0.1) is 7.11 Å². The Hall–Kier alpha value is -2.46. The molecule has 0 bridgehead atoms. The Balaban J connectivity index is 1.71. The summed E-state index contributed by atoms with van der Waals surface area (Å²) in [6, 6.07) is 21.0. The highest BCUT2D eigenvalue weighted by Gasteiger charge is 2.26. The smallest absolute Gasteiger partial charge is 0.126 e. The van der Waals surface area contributed by atoms with Crippen LogP contribution in [0.1, 0.15) is 22.1 Å². The summed E-state index contributed by atoms with van der Waals surface area (Å²) in [5.41, 5.74) is 6.81. The van der Waals surface area contributed by atoms with E-state index in [-0.39, 0.29) is 5.37 Å². The molecule has 3 aromatic carbocycles. The van der Waals surface area contributed by atoms with Gasteiger partial charge in [-0.2, -0.15) is 5.10 Å². The molecule has 0 amide bonds. The maximum absolute atomic E-state index is 5.62. The van der Waals surface area contributed by atoms with E-state index in [0.29, 0.717) is 0 Å². The Bertz CT molecular complexity index is 919. The zero-order chi connectivity index (χ0) is 16.5. The molecule has 4 rings (SSSR count). The normalized spacial score (nSPS) is 16.8. The molecule has 3 aromatic rings. The number of fused-ring (bicyclic) bond motifs is 1. The van der Waals surface area contributed by atoms with Crippen molar-refractivity contribution in [3.8, 4) is 5.75 Å². The van der Waals surface area contributed by atoms with Gasteiger partial charge in [0.1, 0.15) is 16.2 Å². The molecule has 0 saturated carbocycles. The van der Waals surface area contributed by atoms with Crippen LogP contribution in [0.3, 0.4) is 0 Å². The predicted octanol–water partition coefficient (Wildman–Crippen LogP) is 4.85. The van der Waals surface area contributed by atoms with Crippen LogP contribution in [-0.4, -0.2) is 12.2 Å². The van der Waals surface area contributed by atoms with E-state index in [4.69, 9.17) is 4.74 Å². The third-order valence-corrected chi connectivity index (χ3v) is 5.35. The van der Waals surface area contributed by atoms with E-state index in [0.717, 1.165) is 21.9 Å². The summed E-state index contributed by atoms with van der Waals surface area (Å²) in [6.45, 7) is 2.09. The summed E-state index contributed by atoms with van der Waals surface area (Å²) in [7, 11) is 1.72. The molecular weight excluding hydrogens is 316 g/mol. The third kappa shape index (κ3) is 2.63. The number of nitrogens with zero attached hydrogens (tertiary/aromatic N) is 1. The minimum absolute atomic E-state index is 0.0438. The van der Waals surface area contributed by atoms with Crippen molar-refractivity contribution in [3.05, 3.63) is 77.4 Å². The monoisotopic (exact) mass is 334 g/mol. The van der Waals surface area contributed by atoms with Crippen LogP contribution in [-0.2, 0) is 0 Å². The molecule has 1 unspecified atom stereocenters. The largest absolute Gasteiger partial charge is 0.496 e. The van der Waals surface area contributed by atoms with Gasteiger partial charge in [-0.1, -0.05) is 71.9 Å². The second-order valence-corrected chi connectivity index (χ2v) is 6.91. The van der Waals surface area contributed by atoms with Crippen molar-refractivity contribution >= 4 is 27.6 Å². The molecule has 120 valence electrons. The van der Waals surface area contributed by atoms with Gasteiger partial charge in [-0.15, -0.1) is 0 Å². The van der Waals surface area contributed by atoms with Gasteiger partial charge in [0.25, 0.3) is 0 Å². The number of rotatable bonds is 3. The molecule has 1 aliphatic heterocycles. The molecule has 0 aromatic heterocycles. The number of nitrogens with one attached hydrogen (secondary N) is 1. The topological polar surface area (TPSA) is 33.6 Å². The van der Waals surface area contributed by atoms with E-state index in [2.05, 4.69) is 72.0 Å². The minimum Gasteiger partial charge on any atom is -0.496 e. The van der Waals surface area contributed by atoms with Gasteiger partial charge in [0, 0.05) is 11.1 Å². The first-order chi connectivity index (χ1) is 11.8. The highest BCUT2D eigenvalue weighted by Crippen LogP contribution is 2.42. The second kappa shape index (κ2) is 6.21. The van der Waals surface area contributed by atoms with E-state index in [1.807, 2.05) is 6.07 Å². The van der Waals surface area contributed by atoms with Crippen LogP contribution in [0.25, 0.3) is 10.8 Å². The van der Waals surface area contributed by atoms with Crippen molar-refractivity contribution in [1.82, 2.24) is 5.43 Å². The first-order valence-corrected chi connectivity index (χ1v) is 8.77. The standard InChI is InChI=1S/C20H18N2OS/c1-13-7-9-15(10-8-13)19-21-22-20(24-19)18-16-6-4-3-5-14(16)11-12-17(18)23-2/h3-12,20,22H,1-2H3. The Kier molecular flexibility index (Phi) is 3.90. The molecule has 1 aliphatic rings. The van der Waals surface area contributed by atoms with Gasteiger partial charge in [-0.25, -0.2) is 0 Å². The van der Waals surface area contributed by atoms with Crippen molar-refractivity contribution in [2.45, 2.75) is 12.3 Å². The number of ether oxygens (including phenoxy) is 1. The fourth-order valence-electron chi connectivity index (χ4n) is 2.96. The zero-order valence-corrected chi connectivity index (χ0v) is 14.4. The van der Waals surface area contributed by atoms with Gasteiger partial charge < -0.3 is 4.74 Å². The van der Waals surface area contributed by atoms with Gasteiger partial charge in [-0.05, 0) is 23.8 Å². The third-order valence-electron chi connectivity index (χ3n) is 4.22. The quantitative estimate of drug-likeness (QED) is 0.743. The Labute approximate surface area is 145 Å². The molecule has 0 fully saturated rings. The highest BCUT2D eigenvalue weighted by atomic mass is 32.2. The number of methoxy groups -OCH3 is 1. The first kappa shape index (κ1) is 15.1. The lowest BCUT2D eigenvalue weighted by molar-refractivity contribution is 0.409. The number of hydrogen-bond acceptors (Lipinski definition) is 4. The van der Waals surface area contributed by atoms with E-state index in [1.165, 1.54) is 16.3 Å². The van der Waals surface area contributed by atoms with Gasteiger partial charge in [0.2, 0.25) is 0 Å². The summed E-state index contributed by atoms with van der Waals surface area (Å²) in [6.07, 6.45) is 0. The van der Waals surface area contributed by atoms with Gasteiger partial charge in [-0.3, -0.25) is 5.43 Å². The number of hydrazone groups is 1. The van der Waals surface area contributed by atoms with Gasteiger partial charge >= 0.3 is 0 Å². The molecular formula is C20H18N2OS.